The number of hydrogen-bond donors (Lipinski definition) is 1. The molecule has 0 aliphatic carbocycles. The van der Waals surface area contributed by atoms with Gasteiger partial charge in [-0.1, -0.05) is 52.7 Å². The number of nitrogens with zero attached hydrogens (tertiary/aromatic N) is 3. The molecule has 19 heavy (non-hydrogen) atoms. The van der Waals surface area contributed by atoms with Gasteiger partial charge in [-0.05, 0) is 25.7 Å². The Labute approximate surface area is 118 Å². The first-order valence-corrected chi connectivity index (χ1v) is 7.75. The van der Waals surface area contributed by atoms with E-state index in [2.05, 4.69) is 17.2 Å². The van der Waals surface area contributed by atoms with E-state index in [0.29, 0.717) is 6.54 Å². The van der Waals surface area contributed by atoms with E-state index in [1.54, 1.807) is 0 Å². The van der Waals surface area contributed by atoms with Crippen LogP contribution in [0.5, 0.6) is 0 Å². The maximum Gasteiger partial charge on any atom is 0.0838 e. The summed E-state index contributed by atoms with van der Waals surface area (Å²) in [6.45, 7) is 10.8. The van der Waals surface area contributed by atoms with Crippen molar-refractivity contribution in [2.45, 2.75) is 85.3 Å². The molecule has 0 aliphatic rings. The number of aromatic nitrogens is 3. The van der Waals surface area contributed by atoms with Crippen molar-refractivity contribution in [2.24, 2.45) is 0 Å². The van der Waals surface area contributed by atoms with Crippen molar-refractivity contribution in [3.8, 4) is 0 Å². The third kappa shape index (κ3) is 6.19. The SMILES string of the molecule is CC.CCCCCc1cnnn1CC(O)(CC)CC. The Hall–Kier alpha value is -0.900. The van der Waals surface area contributed by atoms with Gasteiger partial charge in [0.2, 0.25) is 0 Å². The zero-order chi connectivity index (χ0) is 14.7. The lowest BCUT2D eigenvalue weighted by Crippen LogP contribution is -2.33. The monoisotopic (exact) mass is 269 g/mol. The Morgan fingerprint density at radius 3 is 2.32 bits per heavy atom. The van der Waals surface area contributed by atoms with Crippen LogP contribution in [0.3, 0.4) is 0 Å². The lowest BCUT2D eigenvalue weighted by Gasteiger charge is -2.25. The first kappa shape index (κ1) is 18.1. The van der Waals surface area contributed by atoms with Gasteiger partial charge in [0.05, 0.1) is 24.0 Å². The van der Waals surface area contributed by atoms with Crippen molar-refractivity contribution in [1.29, 1.82) is 0 Å². The summed E-state index contributed by atoms with van der Waals surface area (Å²) in [5.41, 5.74) is 0.492. The van der Waals surface area contributed by atoms with E-state index >= 15 is 0 Å². The summed E-state index contributed by atoms with van der Waals surface area (Å²) in [7, 11) is 0. The van der Waals surface area contributed by atoms with E-state index in [-0.39, 0.29) is 0 Å². The molecule has 4 heteroatoms. The Bertz CT molecular complexity index is 319. The lowest BCUT2D eigenvalue weighted by molar-refractivity contribution is 0.0106. The predicted molar refractivity (Wildman–Crippen MR) is 80.1 cm³/mol. The first-order valence-electron chi connectivity index (χ1n) is 7.75. The summed E-state index contributed by atoms with van der Waals surface area (Å²) in [6, 6.07) is 0. The van der Waals surface area contributed by atoms with Gasteiger partial charge in [0.1, 0.15) is 0 Å². The summed E-state index contributed by atoms with van der Waals surface area (Å²) in [5.74, 6) is 0. The van der Waals surface area contributed by atoms with E-state index in [9.17, 15) is 5.11 Å². The van der Waals surface area contributed by atoms with Crippen LogP contribution in [-0.2, 0) is 13.0 Å². The summed E-state index contributed by atoms with van der Waals surface area (Å²) in [5, 5.41) is 18.3. The molecule has 0 amide bonds. The molecule has 0 fully saturated rings. The van der Waals surface area contributed by atoms with Crippen molar-refractivity contribution in [1.82, 2.24) is 15.0 Å². The molecule has 0 atom stereocenters. The molecule has 1 heterocycles. The number of aryl methyl sites for hydroxylation is 1. The van der Waals surface area contributed by atoms with E-state index in [0.717, 1.165) is 25.0 Å². The lowest BCUT2D eigenvalue weighted by atomic mass is 9.97. The molecule has 0 aromatic carbocycles. The van der Waals surface area contributed by atoms with Crippen molar-refractivity contribution >= 4 is 0 Å². The van der Waals surface area contributed by atoms with Crippen LogP contribution in [0.15, 0.2) is 6.20 Å². The third-order valence-electron chi connectivity index (χ3n) is 3.49. The molecule has 0 aliphatic heterocycles. The van der Waals surface area contributed by atoms with Gasteiger partial charge in [-0.3, -0.25) is 0 Å². The quantitative estimate of drug-likeness (QED) is 0.734. The Kier molecular flexibility index (Phi) is 9.48. The van der Waals surface area contributed by atoms with Gasteiger partial charge < -0.3 is 5.11 Å². The largest absolute Gasteiger partial charge is 0.388 e. The van der Waals surface area contributed by atoms with E-state index in [1.807, 2.05) is 38.6 Å². The van der Waals surface area contributed by atoms with E-state index in [1.165, 1.54) is 19.3 Å². The predicted octanol–water partition coefficient (Wildman–Crippen LogP) is 3.59. The average molecular weight is 269 g/mol. The highest BCUT2D eigenvalue weighted by molar-refractivity contribution is 4.95. The highest BCUT2D eigenvalue weighted by atomic mass is 16.3. The molecule has 4 nitrogen and oxygen atoms in total. The molecule has 0 spiro atoms. The minimum Gasteiger partial charge on any atom is -0.388 e. The van der Waals surface area contributed by atoms with Gasteiger partial charge in [0.15, 0.2) is 0 Å². The van der Waals surface area contributed by atoms with Crippen LogP contribution in [0, 0.1) is 0 Å². The zero-order valence-corrected chi connectivity index (χ0v) is 13.3. The molecule has 0 saturated heterocycles. The molecule has 0 unspecified atom stereocenters. The van der Waals surface area contributed by atoms with Crippen LogP contribution in [0.1, 0.15) is 72.4 Å². The maximum absolute atomic E-state index is 10.3. The summed E-state index contributed by atoms with van der Waals surface area (Å²) >= 11 is 0. The Morgan fingerprint density at radius 1 is 1.16 bits per heavy atom. The topological polar surface area (TPSA) is 50.9 Å². The minimum atomic E-state index is -0.646. The second kappa shape index (κ2) is 9.96. The van der Waals surface area contributed by atoms with Crippen molar-refractivity contribution in [3.63, 3.8) is 0 Å². The fourth-order valence-electron chi connectivity index (χ4n) is 1.91. The van der Waals surface area contributed by atoms with E-state index in [4.69, 9.17) is 0 Å². The first-order chi connectivity index (χ1) is 9.15. The highest BCUT2D eigenvalue weighted by Gasteiger charge is 2.24. The second-order valence-electron chi connectivity index (χ2n) is 4.77. The van der Waals surface area contributed by atoms with Crippen LogP contribution < -0.4 is 0 Å². The van der Waals surface area contributed by atoms with Gasteiger partial charge >= 0.3 is 0 Å². The van der Waals surface area contributed by atoms with Crippen LogP contribution in [0.25, 0.3) is 0 Å². The molecule has 1 rings (SSSR count). The van der Waals surface area contributed by atoms with Crippen molar-refractivity contribution < 1.29 is 5.11 Å². The molecule has 0 bridgehead atoms. The van der Waals surface area contributed by atoms with Crippen molar-refractivity contribution in [3.05, 3.63) is 11.9 Å². The molecule has 1 aromatic rings. The number of unbranched alkanes of at least 4 members (excludes halogenated alkanes) is 2. The number of aliphatic hydroxyl groups is 1. The summed E-state index contributed by atoms with van der Waals surface area (Å²) in [4.78, 5) is 0. The van der Waals surface area contributed by atoms with Gasteiger partial charge in [-0.15, -0.1) is 5.10 Å². The van der Waals surface area contributed by atoms with Gasteiger partial charge in [0, 0.05) is 0 Å². The third-order valence-corrected chi connectivity index (χ3v) is 3.49. The fraction of sp³-hybridized carbons (Fsp3) is 0.867. The van der Waals surface area contributed by atoms with E-state index < -0.39 is 5.60 Å². The summed E-state index contributed by atoms with van der Waals surface area (Å²) < 4.78 is 1.86. The Balaban J connectivity index is 0.00000154. The molecule has 112 valence electrons. The van der Waals surface area contributed by atoms with Gasteiger partial charge in [-0.2, -0.15) is 0 Å². The van der Waals surface area contributed by atoms with Crippen molar-refractivity contribution in [2.75, 3.05) is 0 Å². The van der Waals surface area contributed by atoms with Gasteiger partial charge in [-0.25, -0.2) is 4.68 Å². The smallest absolute Gasteiger partial charge is 0.0838 e. The minimum absolute atomic E-state index is 0.557. The number of hydrogen-bond acceptors (Lipinski definition) is 3. The second-order valence-corrected chi connectivity index (χ2v) is 4.77. The molecule has 1 aromatic heterocycles. The zero-order valence-electron chi connectivity index (χ0n) is 13.3. The molecule has 0 radical (unpaired) electrons. The Morgan fingerprint density at radius 2 is 1.79 bits per heavy atom. The van der Waals surface area contributed by atoms with Crippen LogP contribution >= 0.6 is 0 Å². The number of rotatable bonds is 8. The maximum atomic E-state index is 10.3. The van der Waals surface area contributed by atoms with Gasteiger partial charge in [0.25, 0.3) is 0 Å². The van der Waals surface area contributed by atoms with Crippen LogP contribution in [0.4, 0.5) is 0 Å². The average Bonchev–Trinajstić information content (AvgIpc) is 2.88. The highest BCUT2D eigenvalue weighted by Crippen LogP contribution is 2.18. The molecule has 0 saturated carbocycles. The van der Waals surface area contributed by atoms with Crippen LogP contribution in [-0.4, -0.2) is 25.7 Å². The summed E-state index contributed by atoms with van der Waals surface area (Å²) in [6.07, 6.45) is 7.94. The standard InChI is InChI=1S/C13H25N3O.C2H6/c1-4-7-8-9-12-10-14-15-16(12)11-13(17,5-2)6-3;1-2/h10,17H,4-9,11H2,1-3H3;1-2H3. The molecule has 1 N–H and O–H groups in total. The fourth-order valence-corrected chi connectivity index (χ4v) is 1.91. The molecular formula is C15H31N3O. The molecular weight excluding hydrogens is 238 g/mol. The van der Waals surface area contributed by atoms with Crippen LogP contribution in [0.2, 0.25) is 0 Å². The normalized spacial score (nSPS) is 11.1.